The molecule has 168 valence electrons. The second-order valence-electron chi connectivity index (χ2n) is 8.16. The Kier molecular flexibility index (Phi) is 5.50. The van der Waals surface area contributed by atoms with Crippen molar-refractivity contribution in [2.75, 3.05) is 11.5 Å². The number of carbonyl (C=O) groups excluding carboxylic acids is 1. The number of amides is 1. The van der Waals surface area contributed by atoms with Crippen molar-refractivity contribution in [1.29, 1.82) is 0 Å². The van der Waals surface area contributed by atoms with Crippen molar-refractivity contribution in [3.8, 4) is 5.75 Å². The fraction of sp³-hybridized carbons (Fsp3) is 0.269. The first kappa shape index (κ1) is 21.4. The first-order chi connectivity index (χ1) is 16.0. The third kappa shape index (κ3) is 3.62. The molecular formula is C26H24N2O4S. The molecule has 4 aromatic rings. The highest BCUT2D eigenvalue weighted by molar-refractivity contribution is 7.15. The Balaban J connectivity index is 1.66. The van der Waals surface area contributed by atoms with Crippen molar-refractivity contribution in [1.82, 2.24) is 4.98 Å². The van der Waals surface area contributed by atoms with Gasteiger partial charge in [-0.3, -0.25) is 14.5 Å². The molecule has 0 saturated carbocycles. The Morgan fingerprint density at radius 1 is 1.09 bits per heavy atom. The third-order valence-electron chi connectivity index (χ3n) is 5.96. The number of hydrogen-bond donors (Lipinski definition) is 0. The summed E-state index contributed by atoms with van der Waals surface area (Å²) in [6.07, 6.45) is 2.04. The number of benzene rings is 2. The Morgan fingerprint density at radius 3 is 2.55 bits per heavy atom. The Bertz CT molecular complexity index is 1380. The maximum Gasteiger partial charge on any atom is 0.297 e. The number of para-hydroxylation sites is 1. The van der Waals surface area contributed by atoms with E-state index in [9.17, 15) is 9.59 Å². The predicted octanol–water partition coefficient (Wildman–Crippen LogP) is 5.80. The number of rotatable bonds is 6. The second kappa shape index (κ2) is 8.48. The smallest absolute Gasteiger partial charge is 0.297 e. The van der Waals surface area contributed by atoms with Crippen LogP contribution in [0.25, 0.3) is 11.0 Å². The maximum atomic E-state index is 13.6. The first-order valence-corrected chi connectivity index (χ1v) is 11.9. The van der Waals surface area contributed by atoms with Gasteiger partial charge in [-0.2, -0.15) is 0 Å². The van der Waals surface area contributed by atoms with Gasteiger partial charge >= 0.3 is 0 Å². The molecule has 1 unspecified atom stereocenters. The summed E-state index contributed by atoms with van der Waals surface area (Å²) < 4.78 is 11.8. The molecule has 3 heterocycles. The van der Waals surface area contributed by atoms with Gasteiger partial charge in [-0.1, -0.05) is 37.6 Å². The average molecular weight is 461 g/mol. The van der Waals surface area contributed by atoms with E-state index in [1.165, 1.54) is 11.3 Å². The highest BCUT2D eigenvalue weighted by Gasteiger charge is 2.45. The minimum absolute atomic E-state index is 0.0810. The standard InChI is InChI=1S/C26H24N2O4S/c1-4-5-14-31-18-12-10-17(11-13-18)22-21-23(29)19-8-6-7-9-20(19)32-24(21)25(30)28(22)26-27-15(2)16(3)33-26/h6-13,22H,4-5,14H2,1-3H3. The Hall–Kier alpha value is -3.45. The van der Waals surface area contributed by atoms with Crippen LogP contribution in [-0.4, -0.2) is 17.5 Å². The zero-order valence-corrected chi connectivity index (χ0v) is 19.6. The van der Waals surface area contributed by atoms with Crippen molar-refractivity contribution in [3.63, 3.8) is 0 Å². The molecule has 2 aromatic heterocycles. The van der Waals surface area contributed by atoms with Gasteiger partial charge < -0.3 is 9.15 Å². The molecule has 1 aliphatic heterocycles. The quantitative estimate of drug-likeness (QED) is 0.340. The van der Waals surface area contributed by atoms with Gasteiger partial charge in [0, 0.05) is 4.88 Å². The molecule has 0 bridgehead atoms. The topological polar surface area (TPSA) is 72.6 Å². The van der Waals surface area contributed by atoms with E-state index in [4.69, 9.17) is 9.15 Å². The summed E-state index contributed by atoms with van der Waals surface area (Å²) in [5.74, 6) is 0.488. The summed E-state index contributed by atoms with van der Waals surface area (Å²) in [6, 6.07) is 14.0. The Labute approximate surface area is 195 Å². The molecule has 2 aromatic carbocycles. The number of unbranched alkanes of at least 4 members (excludes halogenated alkanes) is 1. The van der Waals surface area contributed by atoms with Crippen molar-refractivity contribution < 1.29 is 13.9 Å². The van der Waals surface area contributed by atoms with Crippen LogP contribution < -0.4 is 15.1 Å². The number of fused-ring (bicyclic) bond motifs is 2. The van der Waals surface area contributed by atoms with Crippen LogP contribution in [0.5, 0.6) is 5.75 Å². The van der Waals surface area contributed by atoms with Crippen LogP contribution >= 0.6 is 11.3 Å². The van der Waals surface area contributed by atoms with Crippen molar-refractivity contribution in [2.24, 2.45) is 0 Å². The molecule has 0 aliphatic carbocycles. The summed E-state index contributed by atoms with van der Waals surface area (Å²) in [5.41, 5.74) is 2.23. The molecule has 1 amide bonds. The highest BCUT2D eigenvalue weighted by atomic mass is 32.1. The van der Waals surface area contributed by atoms with Crippen molar-refractivity contribution in [3.05, 3.63) is 86.2 Å². The molecular weight excluding hydrogens is 436 g/mol. The van der Waals surface area contributed by atoms with Crippen LogP contribution in [0.2, 0.25) is 0 Å². The van der Waals surface area contributed by atoms with E-state index >= 15 is 0 Å². The monoisotopic (exact) mass is 460 g/mol. The Morgan fingerprint density at radius 2 is 1.85 bits per heavy atom. The largest absolute Gasteiger partial charge is 0.494 e. The molecule has 5 rings (SSSR count). The van der Waals surface area contributed by atoms with Gasteiger partial charge in [0.05, 0.1) is 29.3 Å². The summed E-state index contributed by atoms with van der Waals surface area (Å²) >= 11 is 1.44. The fourth-order valence-corrected chi connectivity index (χ4v) is 5.01. The zero-order valence-electron chi connectivity index (χ0n) is 18.8. The van der Waals surface area contributed by atoms with E-state index in [0.717, 1.165) is 34.7 Å². The van der Waals surface area contributed by atoms with Crippen molar-refractivity contribution in [2.45, 2.75) is 39.7 Å². The molecule has 1 aliphatic rings. The minimum atomic E-state index is -0.622. The van der Waals surface area contributed by atoms with E-state index < -0.39 is 6.04 Å². The van der Waals surface area contributed by atoms with Crippen LogP contribution in [0, 0.1) is 13.8 Å². The van der Waals surface area contributed by atoms with E-state index in [-0.39, 0.29) is 17.1 Å². The molecule has 0 saturated heterocycles. The number of carbonyl (C=O) groups is 1. The van der Waals surface area contributed by atoms with Gasteiger partial charge in [-0.15, -0.1) is 11.3 Å². The van der Waals surface area contributed by atoms with Crippen LogP contribution in [0.15, 0.2) is 57.7 Å². The molecule has 0 spiro atoms. The lowest BCUT2D eigenvalue weighted by atomic mass is 9.98. The highest BCUT2D eigenvalue weighted by Crippen LogP contribution is 2.43. The fourth-order valence-electron chi connectivity index (χ4n) is 4.07. The molecule has 0 radical (unpaired) electrons. The summed E-state index contributed by atoms with van der Waals surface area (Å²) in [7, 11) is 0. The maximum absolute atomic E-state index is 13.6. The SMILES string of the molecule is CCCCOc1ccc(C2c3c(oc4ccccc4c3=O)C(=O)N2c2nc(C)c(C)s2)cc1. The predicted molar refractivity (Wildman–Crippen MR) is 130 cm³/mol. The van der Waals surface area contributed by atoms with E-state index in [1.54, 1.807) is 29.2 Å². The number of aryl methyl sites for hydroxylation is 2. The lowest BCUT2D eigenvalue weighted by molar-refractivity contribution is 0.0971. The molecule has 0 N–H and O–H groups in total. The van der Waals surface area contributed by atoms with Gasteiger partial charge in [0.1, 0.15) is 11.3 Å². The van der Waals surface area contributed by atoms with Crippen LogP contribution in [0.4, 0.5) is 5.13 Å². The number of aromatic nitrogens is 1. The molecule has 7 heteroatoms. The van der Waals surface area contributed by atoms with Crippen molar-refractivity contribution >= 4 is 33.3 Å². The van der Waals surface area contributed by atoms with Crippen LogP contribution in [0.3, 0.4) is 0 Å². The zero-order chi connectivity index (χ0) is 23.1. The van der Waals surface area contributed by atoms with Gasteiger partial charge in [-0.05, 0) is 50.1 Å². The molecule has 33 heavy (non-hydrogen) atoms. The number of hydrogen-bond acceptors (Lipinski definition) is 6. The first-order valence-electron chi connectivity index (χ1n) is 11.1. The number of anilines is 1. The van der Waals surface area contributed by atoms with Gasteiger partial charge in [0.25, 0.3) is 5.91 Å². The normalized spacial score (nSPS) is 15.3. The lowest BCUT2D eigenvalue weighted by Crippen LogP contribution is -2.29. The third-order valence-corrected chi connectivity index (χ3v) is 7.04. The van der Waals surface area contributed by atoms with E-state index in [0.29, 0.717) is 28.3 Å². The molecule has 1 atom stereocenters. The molecule has 0 fully saturated rings. The minimum Gasteiger partial charge on any atom is -0.494 e. The summed E-state index contributed by atoms with van der Waals surface area (Å²) in [4.78, 5) is 34.4. The summed E-state index contributed by atoms with van der Waals surface area (Å²) in [6.45, 7) is 6.66. The van der Waals surface area contributed by atoms with Gasteiger partial charge in [-0.25, -0.2) is 4.98 Å². The second-order valence-corrected chi connectivity index (χ2v) is 9.34. The van der Waals surface area contributed by atoms with E-state index in [1.807, 2.05) is 38.1 Å². The summed E-state index contributed by atoms with van der Waals surface area (Å²) in [5, 5.41) is 1.01. The number of thiazole rings is 1. The average Bonchev–Trinajstić information content (AvgIpc) is 3.30. The van der Waals surface area contributed by atoms with Crippen LogP contribution in [0.1, 0.15) is 58.1 Å². The lowest BCUT2D eigenvalue weighted by Gasteiger charge is -2.22. The van der Waals surface area contributed by atoms with E-state index in [2.05, 4.69) is 11.9 Å². The van der Waals surface area contributed by atoms with Gasteiger partial charge in [0.15, 0.2) is 10.6 Å². The van der Waals surface area contributed by atoms with Crippen LogP contribution in [-0.2, 0) is 0 Å². The molecule has 6 nitrogen and oxygen atoms in total. The number of ether oxygens (including phenoxy) is 1. The number of nitrogens with zero attached hydrogens (tertiary/aromatic N) is 2. The van der Waals surface area contributed by atoms with Gasteiger partial charge in [0.2, 0.25) is 5.76 Å².